The van der Waals surface area contributed by atoms with Crippen LogP contribution in [-0.4, -0.2) is 50.4 Å². The van der Waals surface area contributed by atoms with Crippen LogP contribution < -0.4 is 10.1 Å². The molecule has 4 nitrogen and oxygen atoms in total. The number of morpholine rings is 1. The Kier molecular flexibility index (Phi) is 6.03. The Bertz CT molecular complexity index is 437. The zero-order chi connectivity index (χ0) is 15.2. The van der Waals surface area contributed by atoms with Gasteiger partial charge in [0.15, 0.2) is 0 Å². The van der Waals surface area contributed by atoms with Gasteiger partial charge in [0.05, 0.1) is 6.61 Å². The van der Waals surface area contributed by atoms with Crippen LogP contribution >= 0.6 is 0 Å². The normalized spacial score (nSPS) is 21.5. The van der Waals surface area contributed by atoms with Crippen LogP contribution in [0.3, 0.4) is 0 Å². The molecule has 2 unspecified atom stereocenters. The number of para-hydroxylation sites is 1. The van der Waals surface area contributed by atoms with E-state index in [1.807, 2.05) is 25.2 Å². The highest BCUT2D eigenvalue weighted by Gasteiger charge is 2.23. The molecule has 0 saturated carbocycles. The number of hydrogen-bond acceptors (Lipinski definition) is 4. The molecular weight excluding hydrogens is 264 g/mol. The first kappa shape index (κ1) is 16.3. The number of nitrogens with zero attached hydrogens (tertiary/aromatic N) is 1. The minimum absolute atomic E-state index is 0.152. The van der Waals surface area contributed by atoms with Crippen molar-refractivity contribution in [1.29, 1.82) is 0 Å². The zero-order valence-electron chi connectivity index (χ0n) is 13.6. The summed E-state index contributed by atoms with van der Waals surface area (Å²) < 4.78 is 11.9. The van der Waals surface area contributed by atoms with Crippen LogP contribution in [0.5, 0.6) is 5.75 Å². The molecule has 2 atom stereocenters. The maximum absolute atomic E-state index is 6.04. The van der Waals surface area contributed by atoms with Crippen LogP contribution in [0.15, 0.2) is 24.3 Å². The van der Waals surface area contributed by atoms with Crippen LogP contribution in [0.1, 0.15) is 32.4 Å². The third kappa shape index (κ3) is 4.43. The van der Waals surface area contributed by atoms with Crippen molar-refractivity contribution >= 4 is 0 Å². The summed E-state index contributed by atoms with van der Waals surface area (Å²) >= 11 is 0. The van der Waals surface area contributed by atoms with Gasteiger partial charge in [-0.3, -0.25) is 4.90 Å². The Morgan fingerprint density at radius 3 is 2.81 bits per heavy atom. The van der Waals surface area contributed by atoms with Crippen LogP contribution in [0, 0.1) is 0 Å². The van der Waals surface area contributed by atoms with Crippen molar-refractivity contribution in [3.8, 4) is 5.75 Å². The first-order valence-electron chi connectivity index (χ1n) is 7.86. The highest BCUT2D eigenvalue weighted by Crippen LogP contribution is 2.25. The highest BCUT2D eigenvalue weighted by atomic mass is 16.5. The molecule has 0 aliphatic carbocycles. The third-order valence-electron chi connectivity index (χ3n) is 4.14. The fourth-order valence-electron chi connectivity index (χ4n) is 2.62. The molecule has 0 spiro atoms. The summed E-state index contributed by atoms with van der Waals surface area (Å²) in [6, 6.07) is 9.05. The average molecular weight is 292 g/mol. The van der Waals surface area contributed by atoms with Gasteiger partial charge in [-0.15, -0.1) is 0 Å². The van der Waals surface area contributed by atoms with Crippen LogP contribution in [-0.2, 0) is 4.74 Å². The predicted molar refractivity (Wildman–Crippen MR) is 85.9 cm³/mol. The lowest BCUT2D eigenvalue weighted by molar-refractivity contribution is -0.0565. The fourth-order valence-corrected chi connectivity index (χ4v) is 2.62. The number of rotatable bonds is 6. The van der Waals surface area contributed by atoms with E-state index in [-0.39, 0.29) is 12.1 Å². The van der Waals surface area contributed by atoms with Gasteiger partial charge >= 0.3 is 0 Å². The summed E-state index contributed by atoms with van der Waals surface area (Å²) in [7, 11) is 1.96. The topological polar surface area (TPSA) is 33.7 Å². The number of nitrogens with one attached hydrogen (secondary N) is 1. The van der Waals surface area contributed by atoms with Gasteiger partial charge in [-0.2, -0.15) is 0 Å². The summed E-state index contributed by atoms with van der Waals surface area (Å²) in [4.78, 5) is 2.44. The summed E-state index contributed by atoms with van der Waals surface area (Å²) in [5.74, 6) is 0.949. The van der Waals surface area contributed by atoms with Gasteiger partial charge in [0.1, 0.15) is 18.5 Å². The second-order valence-electron chi connectivity index (χ2n) is 5.94. The molecule has 0 bridgehead atoms. The van der Waals surface area contributed by atoms with E-state index < -0.39 is 0 Å². The van der Waals surface area contributed by atoms with Gasteiger partial charge in [-0.05, 0) is 33.9 Å². The monoisotopic (exact) mass is 292 g/mol. The van der Waals surface area contributed by atoms with Crippen LogP contribution in [0.25, 0.3) is 0 Å². The second kappa shape index (κ2) is 7.78. The van der Waals surface area contributed by atoms with E-state index in [0.717, 1.165) is 25.4 Å². The molecule has 4 heteroatoms. The minimum atomic E-state index is 0.152. The van der Waals surface area contributed by atoms with Crippen molar-refractivity contribution < 1.29 is 9.47 Å². The SMILES string of the molecule is CNC(C)c1ccccc1OCC1CN(C(C)C)CCO1. The second-order valence-corrected chi connectivity index (χ2v) is 5.94. The standard InChI is InChI=1S/C17H28N2O2/c1-13(2)19-9-10-20-15(11-19)12-21-17-8-6-5-7-16(17)14(3)18-4/h5-8,13-15,18H,9-12H2,1-4H3. The molecule has 21 heavy (non-hydrogen) atoms. The first-order chi connectivity index (χ1) is 10.1. The molecule has 1 saturated heterocycles. The fraction of sp³-hybridized carbons (Fsp3) is 0.647. The molecule has 0 aromatic heterocycles. The van der Waals surface area contributed by atoms with Crippen molar-refractivity contribution in [3.63, 3.8) is 0 Å². The van der Waals surface area contributed by atoms with Gasteiger partial charge in [0, 0.05) is 30.7 Å². The van der Waals surface area contributed by atoms with E-state index in [4.69, 9.17) is 9.47 Å². The molecule has 1 aliphatic rings. The van der Waals surface area contributed by atoms with Crippen molar-refractivity contribution in [2.75, 3.05) is 33.4 Å². The van der Waals surface area contributed by atoms with Crippen LogP contribution in [0.4, 0.5) is 0 Å². The van der Waals surface area contributed by atoms with Crippen molar-refractivity contribution in [2.45, 2.75) is 39.0 Å². The van der Waals surface area contributed by atoms with E-state index in [0.29, 0.717) is 12.6 Å². The summed E-state index contributed by atoms with van der Waals surface area (Å²) in [6.45, 7) is 9.96. The summed E-state index contributed by atoms with van der Waals surface area (Å²) in [5, 5.41) is 3.26. The predicted octanol–water partition coefficient (Wildman–Crippen LogP) is 2.46. The highest BCUT2D eigenvalue weighted by molar-refractivity contribution is 5.35. The molecular formula is C17H28N2O2. The molecule has 0 radical (unpaired) electrons. The van der Waals surface area contributed by atoms with E-state index in [1.165, 1.54) is 5.56 Å². The third-order valence-corrected chi connectivity index (χ3v) is 4.14. The van der Waals surface area contributed by atoms with E-state index in [2.05, 4.69) is 37.1 Å². The Morgan fingerprint density at radius 2 is 2.10 bits per heavy atom. The number of hydrogen-bond donors (Lipinski definition) is 1. The maximum atomic E-state index is 6.04. The summed E-state index contributed by atoms with van der Waals surface area (Å²) in [5.41, 5.74) is 1.19. The van der Waals surface area contributed by atoms with Crippen molar-refractivity contribution in [1.82, 2.24) is 10.2 Å². The first-order valence-corrected chi connectivity index (χ1v) is 7.86. The zero-order valence-corrected chi connectivity index (χ0v) is 13.6. The smallest absolute Gasteiger partial charge is 0.124 e. The largest absolute Gasteiger partial charge is 0.490 e. The molecule has 1 aromatic rings. The average Bonchev–Trinajstić information content (AvgIpc) is 2.52. The summed E-state index contributed by atoms with van der Waals surface area (Å²) in [6.07, 6.45) is 0.152. The van der Waals surface area contributed by atoms with E-state index in [9.17, 15) is 0 Å². The number of benzene rings is 1. The van der Waals surface area contributed by atoms with Crippen LogP contribution in [0.2, 0.25) is 0 Å². The Hall–Kier alpha value is -1.10. The van der Waals surface area contributed by atoms with Crippen molar-refractivity contribution in [3.05, 3.63) is 29.8 Å². The van der Waals surface area contributed by atoms with Gasteiger partial charge in [-0.1, -0.05) is 18.2 Å². The van der Waals surface area contributed by atoms with Crippen molar-refractivity contribution in [2.24, 2.45) is 0 Å². The molecule has 1 N–H and O–H groups in total. The lowest BCUT2D eigenvalue weighted by Crippen LogP contribution is -2.47. The lowest BCUT2D eigenvalue weighted by atomic mass is 10.1. The molecule has 2 rings (SSSR count). The minimum Gasteiger partial charge on any atom is -0.490 e. The van der Waals surface area contributed by atoms with E-state index in [1.54, 1.807) is 0 Å². The molecule has 118 valence electrons. The van der Waals surface area contributed by atoms with Gasteiger partial charge in [-0.25, -0.2) is 0 Å². The van der Waals surface area contributed by atoms with Gasteiger partial charge in [0.2, 0.25) is 0 Å². The Morgan fingerprint density at radius 1 is 1.33 bits per heavy atom. The van der Waals surface area contributed by atoms with Gasteiger partial charge in [0.25, 0.3) is 0 Å². The van der Waals surface area contributed by atoms with Gasteiger partial charge < -0.3 is 14.8 Å². The molecule has 0 amide bonds. The molecule has 1 heterocycles. The Balaban J connectivity index is 1.94. The Labute approximate surface area is 128 Å². The van der Waals surface area contributed by atoms with E-state index >= 15 is 0 Å². The molecule has 1 aliphatic heterocycles. The lowest BCUT2D eigenvalue weighted by Gasteiger charge is -2.35. The molecule has 1 fully saturated rings. The quantitative estimate of drug-likeness (QED) is 0.873. The number of ether oxygens (including phenoxy) is 2. The maximum Gasteiger partial charge on any atom is 0.124 e. The molecule has 1 aromatic carbocycles.